The number of hydrogen-bond acceptors (Lipinski definition) is 7. The van der Waals surface area contributed by atoms with Crippen molar-refractivity contribution in [2.45, 2.75) is 39.0 Å². The predicted octanol–water partition coefficient (Wildman–Crippen LogP) is 4.41. The number of nitrogens with zero attached hydrogens (tertiary/aromatic N) is 2. The van der Waals surface area contributed by atoms with Crippen molar-refractivity contribution < 1.29 is 23.3 Å². The number of carbonyl (C=O) groups excluding carboxylic acids is 2. The molecule has 0 radical (unpaired) electrons. The monoisotopic (exact) mass is 459 g/mol. The molecule has 1 aliphatic rings. The van der Waals surface area contributed by atoms with E-state index in [9.17, 15) is 9.59 Å². The molecule has 0 saturated heterocycles. The second kappa shape index (κ2) is 8.44. The van der Waals surface area contributed by atoms with Gasteiger partial charge in [-0.15, -0.1) is 0 Å². The van der Waals surface area contributed by atoms with Gasteiger partial charge in [-0.25, -0.2) is 9.78 Å². The number of aromatic nitrogens is 2. The second-order valence-corrected chi connectivity index (χ2v) is 8.83. The summed E-state index contributed by atoms with van der Waals surface area (Å²) in [6.45, 7) is 5.52. The van der Waals surface area contributed by atoms with Gasteiger partial charge in [-0.1, -0.05) is 35.5 Å². The molecule has 0 atom stereocenters. The number of pyridine rings is 1. The predicted molar refractivity (Wildman–Crippen MR) is 124 cm³/mol. The van der Waals surface area contributed by atoms with Crippen LogP contribution in [0.4, 0.5) is 0 Å². The Hall–Kier alpha value is -3.94. The number of carbonyl (C=O) groups is 2. The van der Waals surface area contributed by atoms with E-state index in [1.807, 2.05) is 38.1 Å². The minimum absolute atomic E-state index is 0.0206. The highest BCUT2D eigenvalue weighted by Crippen LogP contribution is 2.47. The maximum absolute atomic E-state index is 13.0. The summed E-state index contributed by atoms with van der Waals surface area (Å²) in [5.74, 6) is 0.418. The van der Waals surface area contributed by atoms with Crippen molar-refractivity contribution in [1.82, 2.24) is 15.5 Å². The third-order valence-electron chi connectivity index (χ3n) is 6.35. The van der Waals surface area contributed by atoms with Crippen molar-refractivity contribution in [1.29, 1.82) is 0 Å². The summed E-state index contributed by atoms with van der Waals surface area (Å²) in [5, 5.41) is 7.32. The summed E-state index contributed by atoms with van der Waals surface area (Å²) in [7, 11) is 0. The van der Waals surface area contributed by atoms with Crippen LogP contribution in [0.1, 0.15) is 46.0 Å². The molecule has 34 heavy (non-hydrogen) atoms. The fraction of sp³-hybridized carbons (Fsp3) is 0.308. The van der Waals surface area contributed by atoms with Crippen LogP contribution in [-0.2, 0) is 14.9 Å². The Labute approximate surface area is 196 Å². The largest absolute Gasteiger partial charge is 0.466 e. The number of esters is 1. The molecule has 1 aliphatic carbocycles. The zero-order valence-corrected chi connectivity index (χ0v) is 19.3. The van der Waals surface area contributed by atoms with Crippen LogP contribution in [0.25, 0.3) is 22.4 Å². The molecule has 0 aliphatic heterocycles. The van der Waals surface area contributed by atoms with Crippen LogP contribution < -0.4 is 5.32 Å². The number of fused-ring (bicyclic) bond motifs is 1. The van der Waals surface area contributed by atoms with E-state index in [-0.39, 0.29) is 29.2 Å². The van der Waals surface area contributed by atoms with Crippen LogP contribution in [0.5, 0.6) is 0 Å². The first-order chi connectivity index (χ1) is 16.4. The summed E-state index contributed by atoms with van der Waals surface area (Å²) in [6.07, 6.45) is 2.04. The quantitative estimate of drug-likeness (QED) is 0.408. The second-order valence-electron chi connectivity index (χ2n) is 8.83. The van der Waals surface area contributed by atoms with E-state index >= 15 is 0 Å². The molecular weight excluding hydrogens is 434 g/mol. The Morgan fingerprint density at radius 1 is 1.12 bits per heavy atom. The van der Waals surface area contributed by atoms with Gasteiger partial charge in [0.1, 0.15) is 11.5 Å². The summed E-state index contributed by atoms with van der Waals surface area (Å²) in [6, 6.07) is 13.6. The van der Waals surface area contributed by atoms with Crippen molar-refractivity contribution in [3.05, 3.63) is 70.8 Å². The van der Waals surface area contributed by atoms with Gasteiger partial charge in [0.05, 0.1) is 22.3 Å². The fourth-order valence-corrected chi connectivity index (χ4v) is 4.32. The molecule has 1 fully saturated rings. The molecule has 0 bridgehead atoms. The number of amides is 1. The molecule has 174 valence electrons. The standard InChI is InChI=1S/C26H25N3O5/c1-15-11-19(17(3)33-15)21-12-20(23-16(2)29-34-24(23)28-21)25(31)32-13-22(30)27-14-26(9-10-26)18-7-5-4-6-8-18/h4-8,11-12H,9-10,13-14H2,1-3H3,(H,27,30). The Kier molecular flexibility index (Phi) is 5.43. The molecule has 8 nitrogen and oxygen atoms in total. The Balaban J connectivity index is 1.30. The molecule has 4 aromatic rings. The molecule has 3 heterocycles. The smallest absolute Gasteiger partial charge is 0.339 e. The Morgan fingerprint density at radius 2 is 1.88 bits per heavy atom. The van der Waals surface area contributed by atoms with Crippen LogP contribution in [0, 0.1) is 20.8 Å². The van der Waals surface area contributed by atoms with Gasteiger partial charge in [0.25, 0.3) is 11.6 Å². The molecule has 1 N–H and O–H groups in total. The first kappa shape index (κ1) is 21.9. The van der Waals surface area contributed by atoms with E-state index in [1.165, 1.54) is 5.56 Å². The summed E-state index contributed by atoms with van der Waals surface area (Å²) in [5.41, 5.74) is 3.43. The third kappa shape index (κ3) is 4.07. The zero-order chi connectivity index (χ0) is 23.9. The van der Waals surface area contributed by atoms with Crippen molar-refractivity contribution in [3.63, 3.8) is 0 Å². The number of ether oxygens (including phenoxy) is 1. The molecule has 5 rings (SSSR count). The lowest BCUT2D eigenvalue weighted by Gasteiger charge is -2.16. The number of hydrogen-bond donors (Lipinski definition) is 1. The molecule has 0 spiro atoms. The van der Waals surface area contributed by atoms with Crippen LogP contribution in [0.15, 0.2) is 51.4 Å². The average molecular weight is 460 g/mol. The van der Waals surface area contributed by atoms with Crippen molar-refractivity contribution in [2.75, 3.05) is 13.2 Å². The molecule has 1 aromatic carbocycles. The van der Waals surface area contributed by atoms with E-state index < -0.39 is 5.97 Å². The summed E-state index contributed by atoms with van der Waals surface area (Å²) < 4.78 is 16.3. The van der Waals surface area contributed by atoms with E-state index in [4.69, 9.17) is 13.7 Å². The van der Waals surface area contributed by atoms with Crippen LogP contribution in [0.3, 0.4) is 0 Å². The first-order valence-electron chi connectivity index (χ1n) is 11.2. The molecule has 8 heteroatoms. The maximum atomic E-state index is 13.0. The summed E-state index contributed by atoms with van der Waals surface area (Å²) >= 11 is 0. The number of nitrogens with one attached hydrogen (secondary N) is 1. The van der Waals surface area contributed by atoms with Crippen LogP contribution in [0.2, 0.25) is 0 Å². The average Bonchev–Trinajstić information content (AvgIpc) is 3.44. The van der Waals surface area contributed by atoms with Gasteiger partial charge in [0, 0.05) is 17.5 Å². The van der Waals surface area contributed by atoms with E-state index in [0.29, 0.717) is 29.1 Å². The van der Waals surface area contributed by atoms with Crippen molar-refractivity contribution >= 4 is 23.0 Å². The number of aryl methyl sites for hydroxylation is 3. The van der Waals surface area contributed by atoms with Gasteiger partial charge in [-0.2, -0.15) is 0 Å². The molecular formula is C26H25N3O5. The topological polar surface area (TPSA) is 107 Å². The van der Waals surface area contributed by atoms with Gasteiger partial charge >= 0.3 is 5.97 Å². The van der Waals surface area contributed by atoms with E-state index in [2.05, 4.69) is 27.6 Å². The van der Waals surface area contributed by atoms with Gasteiger partial charge in [-0.3, -0.25) is 4.79 Å². The van der Waals surface area contributed by atoms with Gasteiger partial charge < -0.3 is 19.0 Å². The van der Waals surface area contributed by atoms with Crippen LogP contribution >= 0.6 is 0 Å². The minimum atomic E-state index is -0.642. The first-order valence-corrected chi connectivity index (χ1v) is 11.2. The lowest BCUT2D eigenvalue weighted by Crippen LogP contribution is -2.35. The summed E-state index contributed by atoms with van der Waals surface area (Å²) in [4.78, 5) is 30.0. The molecule has 1 amide bonds. The highest BCUT2D eigenvalue weighted by Gasteiger charge is 2.44. The molecule has 1 saturated carbocycles. The number of furan rings is 1. The molecule has 0 unspecified atom stereocenters. The van der Waals surface area contributed by atoms with Crippen molar-refractivity contribution in [3.8, 4) is 11.3 Å². The Bertz CT molecular complexity index is 1380. The van der Waals surface area contributed by atoms with Gasteiger partial charge in [-0.05, 0) is 51.3 Å². The SMILES string of the molecule is Cc1cc(-c2cc(C(=O)OCC(=O)NCC3(c4ccccc4)CC3)c3c(C)noc3n2)c(C)o1. The van der Waals surface area contributed by atoms with Gasteiger partial charge in [0.15, 0.2) is 6.61 Å². The fourth-order valence-electron chi connectivity index (χ4n) is 4.32. The Morgan fingerprint density at radius 3 is 2.56 bits per heavy atom. The van der Waals surface area contributed by atoms with Gasteiger partial charge in [0.2, 0.25) is 0 Å². The van der Waals surface area contributed by atoms with Crippen molar-refractivity contribution in [2.24, 2.45) is 0 Å². The number of rotatable bonds is 7. The molecule has 3 aromatic heterocycles. The normalized spacial score (nSPS) is 14.2. The lowest BCUT2D eigenvalue weighted by atomic mass is 9.96. The highest BCUT2D eigenvalue weighted by molar-refractivity contribution is 6.04. The van der Waals surface area contributed by atoms with E-state index in [0.717, 1.165) is 24.2 Å². The lowest BCUT2D eigenvalue weighted by molar-refractivity contribution is -0.124. The minimum Gasteiger partial charge on any atom is -0.466 e. The maximum Gasteiger partial charge on any atom is 0.339 e. The van der Waals surface area contributed by atoms with E-state index in [1.54, 1.807) is 13.0 Å². The zero-order valence-electron chi connectivity index (χ0n) is 19.3. The third-order valence-corrected chi connectivity index (χ3v) is 6.35. The van der Waals surface area contributed by atoms with Crippen LogP contribution in [-0.4, -0.2) is 35.2 Å². The number of benzene rings is 1. The highest BCUT2D eigenvalue weighted by atomic mass is 16.5.